The molecule has 1 aliphatic rings. The molecular weight excluding hydrogens is 460 g/mol. The lowest BCUT2D eigenvalue weighted by Crippen LogP contribution is -2.27. The van der Waals surface area contributed by atoms with Gasteiger partial charge in [0.05, 0.1) is 15.6 Å². The van der Waals surface area contributed by atoms with E-state index >= 15 is 0 Å². The molecule has 0 unspecified atom stereocenters. The van der Waals surface area contributed by atoms with Crippen molar-refractivity contribution in [1.82, 2.24) is 0 Å². The van der Waals surface area contributed by atoms with Gasteiger partial charge >= 0.3 is 0 Å². The monoisotopic (exact) mass is 473 g/mol. The number of hydrogen-bond acceptors (Lipinski definition) is 4. The zero-order chi connectivity index (χ0) is 22.0. The topological polar surface area (TPSA) is 46.6 Å². The van der Waals surface area contributed by atoms with Crippen LogP contribution in [0.2, 0.25) is 10.0 Å². The molecular formula is C23H14Cl2FNO3S. The second-order valence-corrected chi connectivity index (χ2v) is 8.44. The average molecular weight is 474 g/mol. The molecule has 156 valence electrons. The second kappa shape index (κ2) is 9.14. The van der Waals surface area contributed by atoms with E-state index in [9.17, 15) is 14.0 Å². The van der Waals surface area contributed by atoms with E-state index in [0.717, 1.165) is 28.3 Å². The van der Waals surface area contributed by atoms with Gasteiger partial charge < -0.3 is 4.74 Å². The van der Waals surface area contributed by atoms with Crippen molar-refractivity contribution in [2.75, 3.05) is 4.90 Å². The van der Waals surface area contributed by atoms with E-state index in [1.54, 1.807) is 42.5 Å². The number of imide groups is 1. The summed E-state index contributed by atoms with van der Waals surface area (Å²) in [6, 6.07) is 18.2. The summed E-state index contributed by atoms with van der Waals surface area (Å²) in [6.45, 7) is 0.364. The number of nitrogens with zero attached hydrogens (tertiary/aromatic N) is 1. The van der Waals surface area contributed by atoms with Crippen molar-refractivity contribution in [2.24, 2.45) is 0 Å². The van der Waals surface area contributed by atoms with Gasteiger partial charge in [0, 0.05) is 5.02 Å². The molecule has 2 amide bonds. The smallest absolute Gasteiger partial charge is 0.298 e. The molecule has 3 aromatic rings. The van der Waals surface area contributed by atoms with Gasteiger partial charge in [-0.15, -0.1) is 0 Å². The molecule has 0 saturated carbocycles. The largest absolute Gasteiger partial charge is 0.489 e. The predicted molar refractivity (Wildman–Crippen MR) is 122 cm³/mol. The summed E-state index contributed by atoms with van der Waals surface area (Å²) in [5, 5.41) is 0.0164. The van der Waals surface area contributed by atoms with Gasteiger partial charge in [0.1, 0.15) is 18.2 Å². The SMILES string of the molecule is O=C1S/C(=C\c2cccc(OCc3ccc(Cl)cc3)c2)C(=O)N1c1ccc(F)c(Cl)c1. The Morgan fingerprint density at radius 1 is 1.00 bits per heavy atom. The lowest BCUT2D eigenvalue weighted by Gasteiger charge is -2.12. The molecule has 3 aromatic carbocycles. The number of amides is 2. The molecule has 0 aliphatic carbocycles. The molecule has 0 N–H and O–H groups in total. The number of thioether (sulfide) groups is 1. The Bertz CT molecular complexity index is 1200. The highest BCUT2D eigenvalue weighted by molar-refractivity contribution is 8.19. The summed E-state index contributed by atoms with van der Waals surface area (Å²) >= 11 is 12.5. The molecule has 1 heterocycles. The van der Waals surface area contributed by atoms with E-state index in [0.29, 0.717) is 22.9 Å². The van der Waals surface area contributed by atoms with E-state index in [2.05, 4.69) is 0 Å². The fraction of sp³-hybridized carbons (Fsp3) is 0.0435. The highest BCUT2D eigenvalue weighted by atomic mass is 35.5. The molecule has 4 nitrogen and oxygen atoms in total. The Hall–Kier alpha value is -2.80. The van der Waals surface area contributed by atoms with Crippen LogP contribution >= 0.6 is 35.0 Å². The standard InChI is InChI=1S/C23H14Cl2FNO3S/c24-16-6-4-14(5-7-16)13-30-18-3-1-2-15(10-18)11-21-22(28)27(23(29)31-21)17-8-9-20(26)19(25)12-17/h1-12H,13H2/b21-11-. The molecule has 1 fully saturated rings. The highest BCUT2D eigenvalue weighted by Crippen LogP contribution is 2.37. The lowest BCUT2D eigenvalue weighted by molar-refractivity contribution is -0.113. The lowest BCUT2D eigenvalue weighted by atomic mass is 10.2. The number of halogens is 3. The Morgan fingerprint density at radius 2 is 1.77 bits per heavy atom. The first-order chi connectivity index (χ1) is 14.9. The Labute approximate surface area is 192 Å². The minimum absolute atomic E-state index is 0.161. The Balaban J connectivity index is 1.51. The van der Waals surface area contributed by atoms with Gasteiger partial charge in [-0.05, 0) is 71.4 Å². The summed E-state index contributed by atoms with van der Waals surface area (Å²) in [5.74, 6) is -0.498. The molecule has 8 heteroatoms. The third kappa shape index (κ3) is 4.93. The van der Waals surface area contributed by atoms with Gasteiger partial charge in [0.2, 0.25) is 0 Å². The van der Waals surface area contributed by atoms with Crippen molar-refractivity contribution >= 4 is 57.9 Å². The van der Waals surface area contributed by atoms with E-state index in [4.69, 9.17) is 27.9 Å². The number of carbonyl (C=O) groups is 2. The molecule has 0 spiro atoms. The average Bonchev–Trinajstić information content (AvgIpc) is 3.03. The fourth-order valence-corrected chi connectivity index (χ4v) is 4.05. The van der Waals surface area contributed by atoms with Crippen molar-refractivity contribution in [3.05, 3.63) is 98.6 Å². The van der Waals surface area contributed by atoms with Gasteiger partial charge in [-0.2, -0.15) is 0 Å². The third-order valence-electron chi connectivity index (χ3n) is 4.43. The highest BCUT2D eigenvalue weighted by Gasteiger charge is 2.36. The van der Waals surface area contributed by atoms with Crippen LogP contribution in [0.25, 0.3) is 6.08 Å². The van der Waals surface area contributed by atoms with E-state index in [-0.39, 0.29) is 15.6 Å². The van der Waals surface area contributed by atoms with Crippen LogP contribution in [-0.4, -0.2) is 11.1 Å². The minimum atomic E-state index is -0.622. The fourth-order valence-electron chi connectivity index (χ4n) is 2.91. The number of hydrogen-bond donors (Lipinski definition) is 0. The summed E-state index contributed by atoms with van der Waals surface area (Å²) in [6.07, 6.45) is 1.62. The maximum absolute atomic E-state index is 13.4. The van der Waals surface area contributed by atoms with Crippen LogP contribution in [0, 0.1) is 5.82 Å². The minimum Gasteiger partial charge on any atom is -0.489 e. The van der Waals surface area contributed by atoms with Crippen LogP contribution in [0.4, 0.5) is 14.9 Å². The molecule has 0 radical (unpaired) electrons. The van der Waals surface area contributed by atoms with Crippen molar-refractivity contribution in [3.8, 4) is 5.75 Å². The number of ether oxygens (including phenoxy) is 1. The third-order valence-corrected chi connectivity index (χ3v) is 5.84. The zero-order valence-corrected chi connectivity index (χ0v) is 18.2. The second-order valence-electron chi connectivity index (χ2n) is 6.60. The van der Waals surface area contributed by atoms with Crippen LogP contribution in [0.3, 0.4) is 0 Å². The van der Waals surface area contributed by atoms with Crippen LogP contribution in [0.1, 0.15) is 11.1 Å². The maximum Gasteiger partial charge on any atom is 0.298 e. The molecule has 1 aliphatic heterocycles. The number of benzene rings is 3. The summed E-state index contributed by atoms with van der Waals surface area (Å²) < 4.78 is 19.2. The maximum atomic E-state index is 13.4. The van der Waals surface area contributed by atoms with Crippen molar-refractivity contribution in [2.45, 2.75) is 6.61 Å². The summed E-state index contributed by atoms with van der Waals surface area (Å²) in [5.41, 5.74) is 1.89. The summed E-state index contributed by atoms with van der Waals surface area (Å²) in [7, 11) is 0. The number of rotatable bonds is 5. The first-order valence-corrected chi connectivity index (χ1v) is 10.7. The van der Waals surface area contributed by atoms with Crippen molar-refractivity contribution < 1.29 is 18.7 Å². The molecule has 0 bridgehead atoms. The summed E-state index contributed by atoms with van der Waals surface area (Å²) in [4.78, 5) is 26.4. The van der Waals surface area contributed by atoms with Crippen LogP contribution < -0.4 is 9.64 Å². The van der Waals surface area contributed by atoms with Gasteiger partial charge in [0.25, 0.3) is 11.1 Å². The predicted octanol–water partition coefficient (Wildman–Crippen LogP) is 6.95. The quantitative estimate of drug-likeness (QED) is 0.376. The first kappa shape index (κ1) is 21.4. The van der Waals surface area contributed by atoms with Gasteiger partial charge in [-0.3, -0.25) is 9.59 Å². The molecule has 31 heavy (non-hydrogen) atoms. The molecule has 0 aromatic heterocycles. The number of anilines is 1. The van der Waals surface area contributed by atoms with Crippen molar-refractivity contribution in [1.29, 1.82) is 0 Å². The van der Waals surface area contributed by atoms with E-state index in [1.165, 1.54) is 12.1 Å². The van der Waals surface area contributed by atoms with E-state index < -0.39 is 17.0 Å². The van der Waals surface area contributed by atoms with Gasteiger partial charge in [-0.1, -0.05) is 47.5 Å². The Morgan fingerprint density at radius 3 is 2.52 bits per heavy atom. The van der Waals surface area contributed by atoms with Gasteiger partial charge in [0.15, 0.2) is 0 Å². The Kier molecular flexibility index (Phi) is 6.32. The van der Waals surface area contributed by atoms with Crippen LogP contribution in [-0.2, 0) is 11.4 Å². The molecule has 4 rings (SSSR count). The normalized spacial score (nSPS) is 15.1. The molecule has 1 saturated heterocycles. The van der Waals surface area contributed by atoms with Crippen LogP contribution in [0.15, 0.2) is 71.6 Å². The zero-order valence-electron chi connectivity index (χ0n) is 15.8. The van der Waals surface area contributed by atoms with E-state index in [1.807, 2.05) is 12.1 Å². The number of carbonyl (C=O) groups excluding carboxylic acids is 2. The molecule has 0 atom stereocenters. The van der Waals surface area contributed by atoms with Crippen LogP contribution in [0.5, 0.6) is 5.75 Å². The van der Waals surface area contributed by atoms with Gasteiger partial charge in [-0.25, -0.2) is 9.29 Å². The van der Waals surface area contributed by atoms with Crippen molar-refractivity contribution in [3.63, 3.8) is 0 Å². The first-order valence-electron chi connectivity index (χ1n) is 9.11.